The summed E-state index contributed by atoms with van der Waals surface area (Å²) in [4.78, 5) is 28.1. The number of benzene rings is 2. The molecule has 3 heterocycles. The van der Waals surface area contributed by atoms with Crippen molar-refractivity contribution < 1.29 is 19.1 Å². The van der Waals surface area contributed by atoms with Crippen LogP contribution in [0.2, 0.25) is 0 Å². The van der Waals surface area contributed by atoms with Crippen molar-refractivity contribution in [3.63, 3.8) is 0 Å². The maximum Gasteiger partial charge on any atom is 0.357 e. The maximum atomic E-state index is 13.1. The molecule has 35 heavy (non-hydrogen) atoms. The van der Waals surface area contributed by atoms with Crippen LogP contribution in [0.1, 0.15) is 41.4 Å². The van der Waals surface area contributed by atoms with E-state index in [2.05, 4.69) is 10.4 Å². The number of carbonyl (C=O) groups is 2. The third-order valence-corrected chi connectivity index (χ3v) is 6.74. The van der Waals surface area contributed by atoms with E-state index in [-0.39, 0.29) is 18.6 Å². The minimum Gasteiger partial charge on any atom is -0.497 e. The van der Waals surface area contributed by atoms with E-state index >= 15 is 0 Å². The molecule has 0 unspecified atom stereocenters. The van der Waals surface area contributed by atoms with Gasteiger partial charge in [0.25, 0.3) is 0 Å². The lowest BCUT2D eigenvalue weighted by Crippen LogP contribution is -2.42. The van der Waals surface area contributed by atoms with E-state index in [1.165, 1.54) is 0 Å². The Hall–Kier alpha value is -3.65. The largest absolute Gasteiger partial charge is 0.497 e. The Bertz CT molecular complexity index is 1230. The molecule has 0 radical (unpaired) electrons. The number of hydrogen-bond acceptors (Lipinski definition) is 6. The fourth-order valence-corrected chi connectivity index (χ4v) is 5.02. The Morgan fingerprint density at radius 1 is 1.14 bits per heavy atom. The molecule has 3 aromatic rings. The van der Waals surface area contributed by atoms with E-state index in [1.54, 1.807) is 24.9 Å². The van der Waals surface area contributed by atoms with Crippen LogP contribution in [-0.2, 0) is 22.5 Å². The van der Waals surface area contributed by atoms with E-state index in [4.69, 9.17) is 9.47 Å². The fourth-order valence-electron chi connectivity index (χ4n) is 5.02. The lowest BCUT2D eigenvalue weighted by Gasteiger charge is -2.21. The molecule has 0 aliphatic carbocycles. The van der Waals surface area contributed by atoms with Crippen LogP contribution in [0.25, 0.3) is 11.1 Å². The molecule has 2 aromatic carbocycles. The van der Waals surface area contributed by atoms with Crippen LogP contribution in [0.5, 0.6) is 5.75 Å². The van der Waals surface area contributed by atoms with Crippen molar-refractivity contribution in [3.8, 4) is 16.9 Å². The molecule has 2 aliphatic rings. The van der Waals surface area contributed by atoms with Crippen molar-refractivity contribution in [3.05, 3.63) is 65.5 Å². The van der Waals surface area contributed by atoms with E-state index in [1.807, 2.05) is 47.4 Å². The van der Waals surface area contributed by atoms with Gasteiger partial charge in [-0.2, -0.15) is 5.10 Å². The monoisotopic (exact) mass is 474 g/mol. The highest BCUT2D eigenvalue weighted by atomic mass is 16.5. The van der Waals surface area contributed by atoms with Crippen LogP contribution in [-0.4, -0.2) is 54.5 Å². The van der Waals surface area contributed by atoms with Gasteiger partial charge in [-0.25, -0.2) is 4.79 Å². The molecule has 0 bridgehead atoms. The molecule has 8 heteroatoms. The number of carbonyl (C=O) groups excluding carboxylic acids is 2. The van der Waals surface area contributed by atoms with Crippen LogP contribution in [0.3, 0.4) is 0 Å². The Balaban J connectivity index is 1.51. The van der Waals surface area contributed by atoms with Crippen molar-refractivity contribution in [2.24, 2.45) is 0 Å². The van der Waals surface area contributed by atoms with Crippen molar-refractivity contribution in [2.75, 3.05) is 31.7 Å². The van der Waals surface area contributed by atoms with Gasteiger partial charge < -0.3 is 19.7 Å². The molecular weight excluding hydrogens is 444 g/mol. The predicted molar refractivity (Wildman–Crippen MR) is 133 cm³/mol. The van der Waals surface area contributed by atoms with Crippen LogP contribution in [0.4, 0.5) is 5.69 Å². The molecule has 1 fully saturated rings. The van der Waals surface area contributed by atoms with E-state index in [0.717, 1.165) is 59.5 Å². The summed E-state index contributed by atoms with van der Waals surface area (Å²) in [5.41, 5.74) is 5.03. The summed E-state index contributed by atoms with van der Waals surface area (Å²) in [6.45, 7) is 4.01. The number of esters is 1. The number of nitrogens with one attached hydrogen (secondary N) is 1. The molecule has 2 aliphatic heterocycles. The number of amides is 1. The Labute approximate surface area is 204 Å². The van der Waals surface area contributed by atoms with Crippen LogP contribution < -0.4 is 15.0 Å². The second-order valence-electron chi connectivity index (χ2n) is 8.83. The SMILES string of the molecule is CCOC(=O)c1c(-c2cccc3c2CCN3C(=O)[C@@H]2CCCN2)cnn1Cc1ccc(OC)cc1. The van der Waals surface area contributed by atoms with Gasteiger partial charge in [0.05, 0.1) is 32.5 Å². The standard InChI is InChI=1S/C27H30N4O4/c1-3-35-27(33)25-22(16-29-31(25)17-18-9-11-19(34-2)12-10-18)20-6-4-8-24-21(20)13-15-30(24)26(32)23-7-5-14-28-23/h4,6,8-12,16,23,28H,3,5,7,13-15,17H2,1-2H3/t23-/m0/s1. The number of nitrogens with zero attached hydrogens (tertiary/aromatic N) is 3. The van der Waals surface area contributed by atoms with Gasteiger partial charge >= 0.3 is 5.97 Å². The second kappa shape index (κ2) is 9.92. The summed E-state index contributed by atoms with van der Waals surface area (Å²) in [7, 11) is 1.63. The first-order chi connectivity index (χ1) is 17.1. The van der Waals surface area contributed by atoms with E-state index < -0.39 is 5.97 Å². The minimum absolute atomic E-state index is 0.119. The number of fused-ring (bicyclic) bond motifs is 1. The zero-order valence-corrected chi connectivity index (χ0v) is 20.1. The molecule has 1 atom stereocenters. The smallest absolute Gasteiger partial charge is 0.357 e. The van der Waals surface area contributed by atoms with Crippen LogP contribution in [0.15, 0.2) is 48.7 Å². The second-order valence-corrected chi connectivity index (χ2v) is 8.83. The Kier molecular flexibility index (Phi) is 6.55. The molecule has 5 rings (SSSR count). The van der Waals surface area contributed by atoms with E-state index in [0.29, 0.717) is 18.8 Å². The first-order valence-corrected chi connectivity index (χ1v) is 12.1. The first-order valence-electron chi connectivity index (χ1n) is 12.1. The van der Waals surface area contributed by atoms with Gasteiger partial charge in [0, 0.05) is 17.8 Å². The number of ether oxygens (including phenoxy) is 2. The van der Waals surface area contributed by atoms with Crippen molar-refractivity contribution >= 4 is 17.6 Å². The van der Waals surface area contributed by atoms with Crippen molar-refractivity contribution in [1.29, 1.82) is 0 Å². The number of rotatable bonds is 7. The molecule has 0 spiro atoms. The highest BCUT2D eigenvalue weighted by Gasteiger charge is 2.33. The summed E-state index contributed by atoms with van der Waals surface area (Å²) >= 11 is 0. The number of anilines is 1. The molecule has 1 aromatic heterocycles. The average molecular weight is 475 g/mol. The summed E-state index contributed by atoms with van der Waals surface area (Å²) in [6, 6.07) is 13.5. The third kappa shape index (κ3) is 4.41. The van der Waals surface area contributed by atoms with E-state index in [9.17, 15) is 9.59 Å². The number of hydrogen-bond donors (Lipinski definition) is 1. The highest BCUT2D eigenvalue weighted by Crippen LogP contribution is 2.38. The summed E-state index contributed by atoms with van der Waals surface area (Å²) in [6.07, 6.45) is 4.35. The van der Waals surface area contributed by atoms with Gasteiger partial charge in [0.1, 0.15) is 5.75 Å². The fraction of sp³-hybridized carbons (Fsp3) is 0.370. The average Bonchev–Trinajstić information content (AvgIpc) is 3.64. The molecule has 182 valence electrons. The van der Waals surface area contributed by atoms with Crippen molar-refractivity contribution in [1.82, 2.24) is 15.1 Å². The first kappa shape index (κ1) is 23.1. The van der Waals surface area contributed by atoms with Gasteiger partial charge in [0.15, 0.2) is 5.69 Å². The predicted octanol–water partition coefficient (Wildman–Crippen LogP) is 3.42. The number of aromatic nitrogens is 2. The normalized spacial score (nSPS) is 16.9. The van der Waals surface area contributed by atoms with Crippen molar-refractivity contribution in [2.45, 2.75) is 38.8 Å². The van der Waals surface area contributed by atoms with Gasteiger partial charge in [-0.3, -0.25) is 9.48 Å². The molecule has 0 saturated carbocycles. The third-order valence-electron chi connectivity index (χ3n) is 6.74. The summed E-state index contributed by atoms with van der Waals surface area (Å²) < 4.78 is 12.4. The number of methoxy groups -OCH3 is 1. The summed E-state index contributed by atoms with van der Waals surface area (Å²) in [5, 5.41) is 7.88. The quantitative estimate of drug-likeness (QED) is 0.528. The lowest BCUT2D eigenvalue weighted by atomic mass is 9.98. The van der Waals surface area contributed by atoms with Gasteiger partial charge in [-0.15, -0.1) is 0 Å². The molecule has 1 amide bonds. The minimum atomic E-state index is -0.410. The maximum absolute atomic E-state index is 13.1. The Morgan fingerprint density at radius 2 is 1.97 bits per heavy atom. The highest BCUT2D eigenvalue weighted by molar-refractivity contribution is 6.02. The lowest BCUT2D eigenvalue weighted by molar-refractivity contribution is -0.120. The Morgan fingerprint density at radius 3 is 2.69 bits per heavy atom. The van der Waals surface area contributed by atoms with Gasteiger partial charge in [0.2, 0.25) is 5.91 Å². The molecule has 1 saturated heterocycles. The zero-order chi connectivity index (χ0) is 24.4. The van der Waals surface area contributed by atoms with Crippen LogP contribution in [0, 0.1) is 0 Å². The topological polar surface area (TPSA) is 85.7 Å². The molecule has 8 nitrogen and oxygen atoms in total. The zero-order valence-electron chi connectivity index (χ0n) is 20.1. The van der Waals surface area contributed by atoms with Gasteiger partial charge in [-0.05, 0) is 67.6 Å². The summed E-state index contributed by atoms with van der Waals surface area (Å²) in [5.74, 6) is 0.485. The van der Waals surface area contributed by atoms with Gasteiger partial charge in [-0.1, -0.05) is 24.3 Å². The molecule has 1 N–H and O–H groups in total. The molecular formula is C27H30N4O4. The van der Waals surface area contributed by atoms with Crippen LogP contribution >= 0.6 is 0 Å².